The van der Waals surface area contributed by atoms with Crippen LogP contribution in [0, 0.1) is 5.92 Å². The Labute approximate surface area is 74.0 Å². The summed E-state index contributed by atoms with van der Waals surface area (Å²) < 4.78 is 0. The number of ketones is 1. The van der Waals surface area contributed by atoms with Crippen LogP contribution >= 0.6 is 0 Å². The highest BCUT2D eigenvalue weighted by molar-refractivity contribution is 5.82. The molecule has 2 nitrogen and oxygen atoms in total. The molecule has 0 aliphatic carbocycles. The van der Waals surface area contributed by atoms with Crippen LogP contribution < -0.4 is 5.32 Å². The number of piperidine rings is 1. The molecule has 1 saturated heterocycles. The van der Waals surface area contributed by atoms with Gasteiger partial charge in [0.25, 0.3) is 0 Å². The molecule has 1 atom stereocenters. The number of rotatable bonds is 4. The summed E-state index contributed by atoms with van der Waals surface area (Å²) in [7, 11) is 0. The molecule has 0 bridgehead atoms. The fourth-order valence-electron chi connectivity index (χ4n) is 1.58. The molecule has 1 heterocycles. The van der Waals surface area contributed by atoms with Gasteiger partial charge in [-0.15, -0.1) is 6.58 Å². The van der Waals surface area contributed by atoms with E-state index < -0.39 is 0 Å². The van der Waals surface area contributed by atoms with Crippen molar-refractivity contribution in [3.63, 3.8) is 0 Å². The van der Waals surface area contributed by atoms with Crippen LogP contribution in [0.2, 0.25) is 0 Å². The van der Waals surface area contributed by atoms with Crippen molar-refractivity contribution in [2.75, 3.05) is 13.1 Å². The molecule has 1 aliphatic rings. The van der Waals surface area contributed by atoms with Crippen LogP contribution in [0.5, 0.6) is 0 Å². The fourth-order valence-corrected chi connectivity index (χ4v) is 1.58. The average molecular weight is 167 g/mol. The van der Waals surface area contributed by atoms with Crippen LogP contribution in [0.25, 0.3) is 0 Å². The van der Waals surface area contributed by atoms with Gasteiger partial charge in [-0.3, -0.25) is 4.79 Å². The van der Waals surface area contributed by atoms with Crippen molar-refractivity contribution in [1.29, 1.82) is 0 Å². The maximum atomic E-state index is 11.3. The van der Waals surface area contributed by atoms with Crippen molar-refractivity contribution in [3.8, 4) is 0 Å². The van der Waals surface area contributed by atoms with Crippen LogP contribution in [0.15, 0.2) is 12.7 Å². The van der Waals surface area contributed by atoms with Gasteiger partial charge >= 0.3 is 0 Å². The van der Waals surface area contributed by atoms with Crippen LogP contribution in [0.4, 0.5) is 0 Å². The standard InChI is InChI=1S/C10H17NO/c1-2-3-4-5-9-8-11-7-6-10(9)12/h2,9,11H,1,3-8H2. The van der Waals surface area contributed by atoms with Gasteiger partial charge < -0.3 is 5.32 Å². The first kappa shape index (κ1) is 9.46. The van der Waals surface area contributed by atoms with Gasteiger partial charge in [0, 0.05) is 25.4 Å². The smallest absolute Gasteiger partial charge is 0.138 e. The summed E-state index contributed by atoms with van der Waals surface area (Å²) >= 11 is 0. The summed E-state index contributed by atoms with van der Waals surface area (Å²) in [4.78, 5) is 11.3. The number of allylic oxidation sites excluding steroid dienone is 1. The van der Waals surface area contributed by atoms with Crippen LogP contribution in [-0.4, -0.2) is 18.9 Å². The molecule has 0 aromatic heterocycles. The number of nitrogens with one attached hydrogen (secondary N) is 1. The number of carbonyl (C=O) groups is 1. The van der Waals surface area contributed by atoms with E-state index in [4.69, 9.17) is 0 Å². The van der Waals surface area contributed by atoms with Crippen molar-refractivity contribution in [1.82, 2.24) is 5.32 Å². The van der Waals surface area contributed by atoms with Gasteiger partial charge in [0.1, 0.15) is 5.78 Å². The number of Topliss-reactive ketones (excluding diaryl/α,β-unsaturated/α-hetero) is 1. The van der Waals surface area contributed by atoms with E-state index in [2.05, 4.69) is 11.9 Å². The molecule has 0 spiro atoms. The first-order valence-electron chi connectivity index (χ1n) is 4.69. The second kappa shape index (κ2) is 5.09. The molecule has 1 N–H and O–H groups in total. The molecule has 68 valence electrons. The second-order valence-electron chi connectivity index (χ2n) is 3.34. The zero-order valence-corrected chi connectivity index (χ0v) is 7.51. The van der Waals surface area contributed by atoms with E-state index in [1.165, 1.54) is 0 Å². The minimum absolute atomic E-state index is 0.277. The van der Waals surface area contributed by atoms with Crippen LogP contribution in [-0.2, 0) is 4.79 Å². The predicted molar refractivity (Wildman–Crippen MR) is 50.0 cm³/mol. The van der Waals surface area contributed by atoms with Crippen LogP contribution in [0.3, 0.4) is 0 Å². The summed E-state index contributed by atoms with van der Waals surface area (Å²) in [5.74, 6) is 0.719. The van der Waals surface area contributed by atoms with Crippen molar-refractivity contribution in [2.45, 2.75) is 25.7 Å². The summed E-state index contributed by atoms with van der Waals surface area (Å²) in [5.41, 5.74) is 0. The fraction of sp³-hybridized carbons (Fsp3) is 0.700. The lowest BCUT2D eigenvalue weighted by Crippen LogP contribution is -2.36. The number of carbonyl (C=O) groups excluding carboxylic acids is 1. The van der Waals surface area contributed by atoms with Crippen molar-refractivity contribution in [3.05, 3.63) is 12.7 Å². The highest BCUT2D eigenvalue weighted by atomic mass is 16.1. The van der Waals surface area contributed by atoms with Crippen LogP contribution in [0.1, 0.15) is 25.7 Å². The molecule has 1 rings (SSSR count). The number of hydrogen-bond acceptors (Lipinski definition) is 2. The molecule has 0 saturated carbocycles. The minimum atomic E-state index is 0.277. The SMILES string of the molecule is C=CCCCC1CNCCC1=O. The van der Waals surface area contributed by atoms with Crippen molar-refractivity contribution in [2.24, 2.45) is 5.92 Å². The maximum absolute atomic E-state index is 11.3. The summed E-state index contributed by atoms with van der Waals surface area (Å²) in [6, 6.07) is 0. The van der Waals surface area contributed by atoms with Gasteiger partial charge in [0.05, 0.1) is 0 Å². The second-order valence-corrected chi connectivity index (χ2v) is 3.34. The third-order valence-electron chi connectivity index (χ3n) is 2.36. The largest absolute Gasteiger partial charge is 0.316 e. The van der Waals surface area contributed by atoms with E-state index in [1.807, 2.05) is 6.08 Å². The molecule has 0 radical (unpaired) electrons. The third kappa shape index (κ3) is 2.78. The molecule has 0 amide bonds. The molecule has 12 heavy (non-hydrogen) atoms. The molecule has 1 unspecified atom stereocenters. The lowest BCUT2D eigenvalue weighted by atomic mass is 9.93. The lowest BCUT2D eigenvalue weighted by molar-refractivity contribution is -0.124. The van der Waals surface area contributed by atoms with Gasteiger partial charge in [-0.05, 0) is 19.3 Å². The quantitative estimate of drug-likeness (QED) is 0.508. The Morgan fingerprint density at radius 2 is 2.50 bits per heavy atom. The van der Waals surface area contributed by atoms with Gasteiger partial charge in [-0.2, -0.15) is 0 Å². The Balaban J connectivity index is 2.20. The Hall–Kier alpha value is -0.630. The van der Waals surface area contributed by atoms with Gasteiger partial charge in [-0.1, -0.05) is 6.08 Å². The molecule has 2 heteroatoms. The van der Waals surface area contributed by atoms with Crippen molar-refractivity contribution >= 4 is 5.78 Å². The Bertz CT molecular complexity index is 165. The molecular formula is C10H17NO. The Morgan fingerprint density at radius 3 is 3.17 bits per heavy atom. The molecule has 1 fully saturated rings. The molecule has 0 aromatic carbocycles. The Morgan fingerprint density at radius 1 is 1.67 bits per heavy atom. The minimum Gasteiger partial charge on any atom is -0.316 e. The highest BCUT2D eigenvalue weighted by Gasteiger charge is 2.20. The normalized spacial score (nSPS) is 24.0. The molecule has 1 aliphatic heterocycles. The summed E-state index contributed by atoms with van der Waals surface area (Å²) in [5, 5.41) is 3.25. The zero-order valence-electron chi connectivity index (χ0n) is 7.51. The zero-order chi connectivity index (χ0) is 8.81. The van der Waals surface area contributed by atoms with E-state index in [-0.39, 0.29) is 5.92 Å². The monoisotopic (exact) mass is 167 g/mol. The summed E-state index contributed by atoms with van der Waals surface area (Å²) in [6.45, 7) is 5.42. The number of unbranched alkanes of at least 4 members (excludes halogenated alkanes) is 1. The van der Waals surface area contributed by atoms with E-state index in [0.717, 1.165) is 38.8 Å². The third-order valence-corrected chi connectivity index (χ3v) is 2.36. The Kier molecular flexibility index (Phi) is 4.01. The number of hydrogen-bond donors (Lipinski definition) is 1. The average Bonchev–Trinajstić information content (AvgIpc) is 2.09. The van der Waals surface area contributed by atoms with E-state index in [1.54, 1.807) is 0 Å². The first-order chi connectivity index (χ1) is 5.84. The van der Waals surface area contributed by atoms with Gasteiger partial charge in [0.15, 0.2) is 0 Å². The maximum Gasteiger partial charge on any atom is 0.138 e. The topological polar surface area (TPSA) is 29.1 Å². The van der Waals surface area contributed by atoms with E-state index in [9.17, 15) is 4.79 Å². The lowest BCUT2D eigenvalue weighted by Gasteiger charge is -2.20. The molecular weight excluding hydrogens is 150 g/mol. The highest BCUT2D eigenvalue weighted by Crippen LogP contribution is 2.13. The predicted octanol–water partition coefficient (Wildman–Crippen LogP) is 1.52. The van der Waals surface area contributed by atoms with Gasteiger partial charge in [-0.25, -0.2) is 0 Å². The van der Waals surface area contributed by atoms with Crippen molar-refractivity contribution < 1.29 is 4.79 Å². The van der Waals surface area contributed by atoms with Gasteiger partial charge in [0.2, 0.25) is 0 Å². The molecule has 0 aromatic rings. The van der Waals surface area contributed by atoms with E-state index in [0.29, 0.717) is 5.78 Å². The summed E-state index contributed by atoms with van der Waals surface area (Å²) in [6.07, 6.45) is 5.79. The van der Waals surface area contributed by atoms with E-state index >= 15 is 0 Å². The first-order valence-corrected chi connectivity index (χ1v) is 4.69.